The molecule has 2 aromatic rings. The number of esters is 1. The predicted octanol–water partition coefficient (Wildman–Crippen LogP) is 2.31. The standard InChI is InChI=1S/C18H19FN2O5S/c1-12(2)21-27(24,25)14-7-5-6-13(10-14)18(23)26-11-17(22)20-16-9-4-3-8-15(16)19/h3-10,12,21H,11H2,1-2H3,(H,20,22). The Bertz CT molecular complexity index is 944. The van der Waals surface area contributed by atoms with Crippen molar-refractivity contribution in [2.75, 3.05) is 11.9 Å². The minimum atomic E-state index is -3.77. The summed E-state index contributed by atoms with van der Waals surface area (Å²) in [4.78, 5) is 23.8. The summed E-state index contributed by atoms with van der Waals surface area (Å²) in [7, 11) is -3.77. The summed E-state index contributed by atoms with van der Waals surface area (Å²) >= 11 is 0. The lowest BCUT2D eigenvalue weighted by molar-refractivity contribution is -0.119. The maximum absolute atomic E-state index is 13.5. The minimum Gasteiger partial charge on any atom is -0.452 e. The fourth-order valence-corrected chi connectivity index (χ4v) is 3.43. The highest BCUT2D eigenvalue weighted by molar-refractivity contribution is 7.89. The van der Waals surface area contributed by atoms with Gasteiger partial charge in [-0.25, -0.2) is 22.3 Å². The van der Waals surface area contributed by atoms with Crippen LogP contribution in [-0.4, -0.2) is 32.9 Å². The van der Waals surface area contributed by atoms with Crippen molar-refractivity contribution in [3.05, 3.63) is 59.9 Å². The molecule has 2 N–H and O–H groups in total. The van der Waals surface area contributed by atoms with E-state index in [-0.39, 0.29) is 22.2 Å². The number of amides is 1. The summed E-state index contributed by atoms with van der Waals surface area (Å²) in [6, 6.07) is 10.5. The number of halogens is 1. The van der Waals surface area contributed by atoms with E-state index in [0.29, 0.717) is 0 Å². The second-order valence-corrected chi connectivity index (χ2v) is 7.62. The van der Waals surface area contributed by atoms with Crippen LogP contribution in [0.5, 0.6) is 0 Å². The highest BCUT2D eigenvalue weighted by Gasteiger charge is 2.18. The molecule has 0 heterocycles. The monoisotopic (exact) mass is 394 g/mol. The van der Waals surface area contributed by atoms with Gasteiger partial charge in [0.2, 0.25) is 10.0 Å². The molecule has 0 aromatic heterocycles. The second-order valence-electron chi connectivity index (χ2n) is 5.91. The molecule has 0 saturated heterocycles. The fourth-order valence-electron chi connectivity index (χ4n) is 2.13. The van der Waals surface area contributed by atoms with Gasteiger partial charge in [-0.1, -0.05) is 18.2 Å². The average molecular weight is 394 g/mol. The Morgan fingerprint density at radius 1 is 1.11 bits per heavy atom. The van der Waals surface area contributed by atoms with Crippen LogP contribution in [0, 0.1) is 5.82 Å². The van der Waals surface area contributed by atoms with Gasteiger partial charge in [-0.2, -0.15) is 0 Å². The first-order valence-electron chi connectivity index (χ1n) is 8.03. The third-order valence-corrected chi connectivity index (χ3v) is 4.91. The van der Waals surface area contributed by atoms with Gasteiger partial charge < -0.3 is 10.1 Å². The number of carbonyl (C=O) groups is 2. The topological polar surface area (TPSA) is 102 Å². The van der Waals surface area contributed by atoms with Gasteiger partial charge in [0.15, 0.2) is 6.61 Å². The first kappa shape index (κ1) is 20.5. The Kier molecular flexibility index (Phi) is 6.65. The molecule has 0 unspecified atom stereocenters. The maximum atomic E-state index is 13.5. The second kappa shape index (κ2) is 8.74. The van der Waals surface area contributed by atoms with Crippen LogP contribution < -0.4 is 10.0 Å². The van der Waals surface area contributed by atoms with Gasteiger partial charge in [0.05, 0.1) is 16.1 Å². The quantitative estimate of drug-likeness (QED) is 0.702. The summed E-state index contributed by atoms with van der Waals surface area (Å²) in [6.07, 6.45) is 0. The number of hydrogen-bond donors (Lipinski definition) is 2. The predicted molar refractivity (Wildman–Crippen MR) is 97.2 cm³/mol. The van der Waals surface area contributed by atoms with Gasteiger partial charge in [-0.05, 0) is 44.2 Å². The third kappa shape index (κ3) is 5.87. The molecular formula is C18H19FN2O5S. The molecule has 9 heteroatoms. The zero-order valence-corrected chi connectivity index (χ0v) is 15.5. The molecule has 0 aliphatic carbocycles. The molecule has 0 aliphatic heterocycles. The number of sulfonamides is 1. The molecule has 7 nitrogen and oxygen atoms in total. The first-order chi connectivity index (χ1) is 12.7. The Morgan fingerprint density at radius 2 is 1.81 bits per heavy atom. The molecule has 0 bridgehead atoms. The lowest BCUT2D eigenvalue weighted by atomic mass is 10.2. The molecule has 1 amide bonds. The molecule has 144 valence electrons. The van der Waals surface area contributed by atoms with Crippen molar-refractivity contribution in [3.63, 3.8) is 0 Å². The summed E-state index contributed by atoms with van der Waals surface area (Å²) in [5.74, 6) is -2.22. The van der Waals surface area contributed by atoms with Gasteiger partial charge in [-0.3, -0.25) is 4.79 Å². The molecular weight excluding hydrogens is 375 g/mol. The highest BCUT2D eigenvalue weighted by atomic mass is 32.2. The van der Waals surface area contributed by atoms with Crippen LogP contribution in [0.25, 0.3) is 0 Å². The number of nitrogens with one attached hydrogen (secondary N) is 2. The summed E-state index contributed by atoms with van der Waals surface area (Å²) in [5.41, 5.74) is -0.0632. The molecule has 0 fully saturated rings. The van der Waals surface area contributed by atoms with Gasteiger partial charge in [0.1, 0.15) is 5.82 Å². The molecule has 0 aliphatic rings. The molecule has 2 rings (SSSR count). The van der Waals surface area contributed by atoms with E-state index in [2.05, 4.69) is 10.0 Å². The van der Waals surface area contributed by atoms with Crippen LogP contribution in [0.4, 0.5) is 10.1 Å². The van der Waals surface area contributed by atoms with Crippen molar-refractivity contribution in [1.82, 2.24) is 4.72 Å². The lowest BCUT2D eigenvalue weighted by Gasteiger charge is -2.11. The Hall–Kier alpha value is -2.78. The van der Waals surface area contributed by atoms with Gasteiger partial charge in [-0.15, -0.1) is 0 Å². The number of ether oxygens (including phenoxy) is 1. The van der Waals surface area contributed by atoms with Crippen LogP contribution in [0.1, 0.15) is 24.2 Å². The van der Waals surface area contributed by atoms with Crippen LogP contribution in [0.3, 0.4) is 0 Å². The van der Waals surface area contributed by atoms with Crippen molar-refractivity contribution in [2.24, 2.45) is 0 Å². The minimum absolute atomic E-state index is 0.0275. The van der Waals surface area contributed by atoms with E-state index in [9.17, 15) is 22.4 Å². The van der Waals surface area contributed by atoms with E-state index < -0.39 is 34.3 Å². The van der Waals surface area contributed by atoms with Gasteiger partial charge in [0, 0.05) is 6.04 Å². The summed E-state index contributed by atoms with van der Waals surface area (Å²) in [6.45, 7) is 2.70. The summed E-state index contributed by atoms with van der Waals surface area (Å²) in [5, 5.41) is 2.28. The van der Waals surface area contributed by atoms with Gasteiger partial charge >= 0.3 is 5.97 Å². The number of anilines is 1. The average Bonchev–Trinajstić information content (AvgIpc) is 2.61. The first-order valence-corrected chi connectivity index (χ1v) is 9.51. The Morgan fingerprint density at radius 3 is 2.48 bits per heavy atom. The van der Waals surface area contributed by atoms with E-state index in [0.717, 1.165) is 6.07 Å². The molecule has 0 spiro atoms. The van der Waals surface area contributed by atoms with E-state index in [1.807, 2.05) is 0 Å². The van der Waals surface area contributed by atoms with Crippen LogP contribution >= 0.6 is 0 Å². The number of carbonyl (C=O) groups excluding carboxylic acids is 2. The SMILES string of the molecule is CC(C)NS(=O)(=O)c1cccc(C(=O)OCC(=O)Nc2ccccc2F)c1. The molecule has 2 aromatic carbocycles. The molecule has 27 heavy (non-hydrogen) atoms. The highest BCUT2D eigenvalue weighted by Crippen LogP contribution is 2.14. The Balaban J connectivity index is 2.01. The van der Waals surface area contributed by atoms with Crippen molar-refractivity contribution in [1.29, 1.82) is 0 Å². The van der Waals surface area contributed by atoms with Crippen molar-refractivity contribution < 1.29 is 27.1 Å². The lowest BCUT2D eigenvalue weighted by Crippen LogP contribution is -2.30. The van der Waals surface area contributed by atoms with E-state index in [1.165, 1.54) is 36.4 Å². The van der Waals surface area contributed by atoms with Crippen LogP contribution in [0.15, 0.2) is 53.4 Å². The number of rotatable bonds is 7. The molecule has 0 saturated carbocycles. The fraction of sp³-hybridized carbons (Fsp3) is 0.222. The largest absolute Gasteiger partial charge is 0.452 e. The van der Waals surface area contributed by atoms with Crippen molar-refractivity contribution in [2.45, 2.75) is 24.8 Å². The van der Waals surface area contributed by atoms with Crippen LogP contribution in [0.2, 0.25) is 0 Å². The van der Waals surface area contributed by atoms with Gasteiger partial charge in [0.25, 0.3) is 5.91 Å². The zero-order chi connectivity index (χ0) is 20.0. The maximum Gasteiger partial charge on any atom is 0.338 e. The van der Waals surface area contributed by atoms with Crippen molar-refractivity contribution in [3.8, 4) is 0 Å². The zero-order valence-electron chi connectivity index (χ0n) is 14.7. The normalized spacial score (nSPS) is 11.3. The van der Waals surface area contributed by atoms with Crippen molar-refractivity contribution >= 4 is 27.6 Å². The number of benzene rings is 2. The number of para-hydroxylation sites is 1. The third-order valence-electron chi connectivity index (χ3n) is 3.25. The van der Waals surface area contributed by atoms with E-state index in [1.54, 1.807) is 19.9 Å². The van der Waals surface area contributed by atoms with E-state index >= 15 is 0 Å². The number of hydrogen-bond acceptors (Lipinski definition) is 5. The smallest absolute Gasteiger partial charge is 0.338 e. The Labute approximate surface area is 156 Å². The van der Waals surface area contributed by atoms with E-state index in [4.69, 9.17) is 4.74 Å². The molecule has 0 radical (unpaired) electrons. The summed E-state index contributed by atoms with van der Waals surface area (Å²) < 4.78 is 45.1. The van der Waals surface area contributed by atoms with Crippen LogP contribution in [-0.2, 0) is 19.6 Å². The molecule has 0 atom stereocenters.